The van der Waals surface area contributed by atoms with Gasteiger partial charge in [0.05, 0.1) is 17.6 Å². The summed E-state index contributed by atoms with van der Waals surface area (Å²) in [6.45, 7) is 4.55. The molecule has 0 saturated heterocycles. The van der Waals surface area contributed by atoms with Gasteiger partial charge in [-0.15, -0.1) is 0 Å². The monoisotopic (exact) mass is 257 g/mol. The molecular weight excluding hydrogens is 238 g/mol. The van der Waals surface area contributed by atoms with Gasteiger partial charge in [0.15, 0.2) is 0 Å². The van der Waals surface area contributed by atoms with Crippen LogP contribution >= 0.6 is 0 Å². The molecule has 5 heteroatoms. The van der Waals surface area contributed by atoms with Crippen molar-refractivity contribution in [3.05, 3.63) is 35.7 Å². The Balaban J connectivity index is 1.97. The lowest BCUT2D eigenvalue weighted by Gasteiger charge is -2.10. The second-order valence-electron chi connectivity index (χ2n) is 5.38. The Kier molecular flexibility index (Phi) is 3.06. The standard InChI is InChI=1S/C14H19N5/c1-9(2)14-16-8-13(12(7-15)17-14)19-6-5-11(18-19)10-3-4-10/h5-6,8-10H,3-4,7,15H2,1-2H3. The Morgan fingerprint density at radius 3 is 2.84 bits per heavy atom. The largest absolute Gasteiger partial charge is 0.325 e. The first kappa shape index (κ1) is 12.3. The SMILES string of the molecule is CC(C)c1ncc(-n2ccc(C3CC3)n2)c(CN)n1. The molecule has 1 aliphatic rings. The van der Waals surface area contributed by atoms with Crippen LogP contribution in [0.3, 0.4) is 0 Å². The number of nitrogens with two attached hydrogens (primary N) is 1. The van der Waals surface area contributed by atoms with Gasteiger partial charge < -0.3 is 5.73 Å². The van der Waals surface area contributed by atoms with E-state index in [0.29, 0.717) is 18.4 Å². The highest BCUT2D eigenvalue weighted by Crippen LogP contribution is 2.39. The van der Waals surface area contributed by atoms with E-state index in [2.05, 4.69) is 35.0 Å². The van der Waals surface area contributed by atoms with Gasteiger partial charge in [0.1, 0.15) is 11.5 Å². The summed E-state index contributed by atoms with van der Waals surface area (Å²) in [4.78, 5) is 8.95. The average Bonchev–Trinajstić information content (AvgIpc) is 3.16. The van der Waals surface area contributed by atoms with E-state index in [1.807, 2.05) is 17.1 Å². The maximum Gasteiger partial charge on any atom is 0.131 e. The molecule has 19 heavy (non-hydrogen) atoms. The third-order valence-corrected chi connectivity index (χ3v) is 3.43. The van der Waals surface area contributed by atoms with Gasteiger partial charge >= 0.3 is 0 Å². The van der Waals surface area contributed by atoms with Gasteiger partial charge in [0.25, 0.3) is 0 Å². The van der Waals surface area contributed by atoms with Crippen molar-refractivity contribution in [3.8, 4) is 5.69 Å². The van der Waals surface area contributed by atoms with Gasteiger partial charge in [-0.1, -0.05) is 13.8 Å². The summed E-state index contributed by atoms with van der Waals surface area (Å²) < 4.78 is 1.85. The second kappa shape index (κ2) is 4.74. The van der Waals surface area contributed by atoms with Crippen LogP contribution in [-0.4, -0.2) is 19.7 Å². The molecule has 0 aliphatic heterocycles. The van der Waals surface area contributed by atoms with Crippen molar-refractivity contribution in [3.63, 3.8) is 0 Å². The third kappa shape index (κ3) is 2.38. The molecule has 0 bridgehead atoms. The first-order valence-corrected chi connectivity index (χ1v) is 6.81. The summed E-state index contributed by atoms with van der Waals surface area (Å²) in [7, 11) is 0. The van der Waals surface area contributed by atoms with Crippen molar-refractivity contribution in [2.45, 2.75) is 45.1 Å². The Morgan fingerprint density at radius 2 is 2.21 bits per heavy atom. The van der Waals surface area contributed by atoms with Gasteiger partial charge in [-0.3, -0.25) is 0 Å². The van der Waals surface area contributed by atoms with Crippen LogP contribution in [0.1, 0.15) is 55.7 Å². The molecule has 0 amide bonds. The molecule has 2 N–H and O–H groups in total. The molecule has 100 valence electrons. The first-order chi connectivity index (χ1) is 9.19. The van der Waals surface area contributed by atoms with E-state index >= 15 is 0 Å². The van der Waals surface area contributed by atoms with Crippen LogP contribution in [0.25, 0.3) is 5.69 Å². The van der Waals surface area contributed by atoms with E-state index in [9.17, 15) is 0 Å². The quantitative estimate of drug-likeness (QED) is 0.910. The zero-order valence-electron chi connectivity index (χ0n) is 11.4. The fourth-order valence-electron chi connectivity index (χ4n) is 2.12. The van der Waals surface area contributed by atoms with Crippen LogP contribution in [0.4, 0.5) is 0 Å². The second-order valence-corrected chi connectivity index (χ2v) is 5.38. The van der Waals surface area contributed by atoms with Gasteiger partial charge in [-0.2, -0.15) is 5.10 Å². The van der Waals surface area contributed by atoms with Crippen LogP contribution < -0.4 is 5.73 Å². The Bertz CT molecular complexity index is 583. The van der Waals surface area contributed by atoms with Crippen molar-refractivity contribution in [2.75, 3.05) is 0 Å². The zero-order valence-corrected chi connectivity index (χ0v) is 11.4. The highest BCUT2D eigenvalue weighted by atomic mass is 15.3. The number of aromatic nitrogens is 4. The first-order valence-electron chi connectivity index (χ1n) is 6.81. The molecule has 0 atom stereocenters. The minimum Gasteiger partial charge on any atom is -0.325 e. The van der Waals surface area contributed by atoms with Crippen molar-refractivity contribution >= 4 is 0 Å². The van der Waals surface area contributed by atoms with E-state index < -0.39 is 0 Å². The molecular formula is C14H19N5. The lowest BCUT2D eigenvalue weighted by Crippen LogP contribution is -2.11. The van der Waals surface area contributed by atoms with Gasteiger partial charge in [0, 0.05) is 24.6 Å². The lowest BCUT2D eigenvalue weighted by atomic mass is 10.2. The molecule has 5 nitrogen and oxygen atoms in total. The smallest absolute Gasteiger partial charge is 0.131 e. The predicted molar refractivity (Wildman–Crippen MR) is 73.1 cm³/mol. The van der Waals surface area contributed by atoms with E-state index in [1.54, 1.807) is 0 Å². The normalized spacial score (nSPS) is 15.2. The lowest BCUT2D eigenvalue weighted by molar-refractivity contribution is 0.733. The predicted octanol–water partition coefficient (Wildman–Crippen LogP) is 2.12. The van der Waals surface area contributed by atoms with Crippen molar-refractivity contribution < 1.29 is 0 Å². The van der Waals surface area contributed by atoms with E-state index in [4.69, 9.17) is 5.73 Å². The van der Waals surface area contributed by atoms with Crippen LogP contribution in [0.15, 0.2) is 18.5 Å². The average molecular weight is 257 g/mol. The Morgan fingerprint density at radius 1 is 1.42 bits per heavy atom. The zero-order chi connectivity index (χ0) is 13.4. The molecule has 1 aliphatic carbocycles. The molecule has 2 aromatic rings. The summed E-state index contributed by atoms with van der Waals surface area (Å²) in [5, 5.41) is 4.61. The summed E-state index contributed by atoms with van der Waals surface area (Å²) >= 11 is 0. The fourth-order valence-corrected chi connectivity index (χ4v) is 2.12. The highest BCUT2D eigenvalue weighted by molar-refractivity contribution is 5.34. The van der Waals surface area contributed by atoms with Crippen molar-refractivity contribution in [1.29, 1.82) is 0 Å². The molecule has 0 spiro atoms. The maximum absolute atomic E-state index is 5.80. The van der Waals surface area contributed by atoms with Crippen LogP contribution in [0.2, 0.25) is 0 Å². The summed E-state index contributed by atoms with van der Waals surface area (Å²) in [6.07, 6.45) is 6.31. The highest BCUT2D eigenvalue weighted by Gasteiger charge is 2.26. The summed E-state index contributed by atoms with van der Waals surface area (Å²) in [6, 6.07) is 2.08. The third-order valence-electron chi connectivity index (χ3n) is 3.43. The molecule has 1 saturated carbocycles. The fraction of sp³-hybridized carbons (Fsp3) is 0.500. The minimum absolute atomic E-state index is 0.305. The molecule has 1 fully saturated rings. The molecule has 0 aromatic carbocycles. The molecule has 3 rings (SSSR count). The number of rotatable bonds is 4. The number of hydrogen-bond acceptors (Lipinski definition) is 4. The van der Waals surface area contributed by atoms with Crippen LogP contribution in [0.5, 0.6) is 0 Å². The van der Waals surface area contributed by atoms with Gasteiger partial charge in [0.2, 0.25) is 0 Å². The number of nitrogens with zero attached hydrogens (tertiary/aromatic N) is 4. The van der Waals surface area contributed by atoms with Gasteiger partial charge in [-0.25, -0.2) is 14.6 Å². The Labute approximate surface area is 112 Å². The summed E-state index contributed by atoms with van der Waals surface area (Å²) in [5.74, 6) is 1.79. The van der Waals surface area contributed by atoms with E-state index in [1.165, 1.54) is 12.8 Å². The molecule has 0 radical (unpaired) electrons. The molecule has 2 aromatic heterocycles. The van der Waals surface area contributed by atoms with Crippen LogP contribution in [0, 0.1) is 0 Å². The maximum atomic E-state index is 5.80. The minimum atomic E-state index is 0.305. The molecule has 2 heterocycles. The topological polar surface area (TPSA) is 69.6 Å². The number of hydrogen-bond donors (Lipinski definition) is 1. The van der Waals surface area contributed by atoms with Crippen molar-refractivity contribution in [1.82, 2.24) is 19.7 Å². The summed E-state index contributed by atoms with van der Waals surface area (Å²) in [5.41, 5.74) is 8.71. The molecule has 0 unspecified atom stereocenters. The van der Waals surface area contributed by atoms with Gasteiger partial charge in [-0.05, 0) is 18.9 Å². The van der Waals surface area contributed by atoms with Crippen LogP contribution in [-0.2, 0) is 6.54 Å². The van der Waals surface area contributed by atoms with E-state index in [0.717, 1.165) is 22.9 Å². The Hall–Kier alpha value is -1.75. The van der Waals surface area contributed by atoms with Crippen molar-refractivity contribution in [2.24, 2.45) is 5.73 Å². The van der Waals surface area contributed by atoms with E-state index in [-0.39, 0.29) is 0 Å².